The van der Waals surface area contributed by atoms with Gasteiger partial charge in [-0.3, -0.25) is 0 Å². The summed E-state index contributed by atoms with van der Waals surface area (Å²) in [4.78, 5) is 0. The third-order valence-corrected chi connectivity index (χ3v) is 3.39. The summed E-state index contributed by atoms with van der Waals surface area (Å²) in [5.74, 6) is 0.720. The lowest BCUT2D eigenvalue weighted by Crippen LogP contribution is -2.35. The Kier molecular flexibility index (Phi) is 5.27. The molecule has 2 nitrogen and oxygen atoms in total. The molecular formula is C18H22ClNO. The summed E-state index contributed by atoms with van der Waals surface area (Å²) in [7, 11) is 0. The Balaban J connectivity index is 1.89. The van der Waals surface area contributed by atoms with E-state index in [9.17, 15) is 0 Å². The maximum absolute atomic E-state index is 6.07. The second kappa shape index (κ2) is 6.97. The molecule has 0 fully saturated rings. The highest BCUT2D eigenvalue weighted by Gasteiger charge is 2.08. The van der Waals surface area contributed by atoms with Crippen molar-refractivity contribution in [3.05, 3.63) is 64.7 Å². The van der Waals surface area contributed by atoms with Crippen molar-refractivity contribution in [3.8, 4) is 5.75 Å². The lowest BCUT2D eigenvalue weighted by molar-refractivity contribution is 0.306. The van der Waals surface area contributed by atoms with Crippen molar-refractivity contribution in [1.29, 1.82) is 0 Å². The molecule has 0 amide bonds. The fourth-order valence-corrected chi connectivity index (χ4v) is 2.03. The van der Waals surface area contributed by atoms with Crippen LogP contribution in [-0.2, 0) is 13.2 Å². The summed E-state index contributed by atoms with van der Waals surface area (Å²) < 4.78 is 5.73. The van der Waals surface area contributed by atoms with E-state index < -0.39 is 0 Å². The predicted octanol–water partition coefficient (Wildman–Crippen LogP) is 4.81. The van der Waals surface area contributed by atoms with Crippen molar-refractivity contribution >= 4 is 11.6 Å². The average molecular weight is 304 g/mol. The number of benzene rings is 2. The van der Waals surface area contributed by atoms with Gasteiger partial charge in [-0.2, -0.15) is 0 Å². The molecule has 2 aromatic carbocycles. The number of nitrogens with one attached hydrogen (secondary N) is 1. The molecule has 0 unspecified atom stereocenters. The van der Waals surface area contributed by atoms with Gasteiger partial charge in [-0.25, -0.2) is 0 Å². The number of ether oxygens (including phenoxy) is 1. The van der Waals surface area contributed by atoms with Gasteiger partial charge in [0.2, 0.25) is 0 Å². The van der Waals surface area contributed by atoms with Crippen LogP contribution < -0.4 is 10.1 Å². The molecule has 21 heavy (non-hydrogen) atoms. The second-order valence-electron chi connectivity index (χ2n) is 6.14. The van der Waals surface area contributed by atoms with Crippen LogP contribution in [0.15, 0.2) is 48.5 Å². The number of hydrogen-bond donors (Lipinski definition) is 1. The van der Waals surface area contributed by atoms with E-state index in [4.69, 9.17) is 16.3 Å². The monoisotopic (exact) mass is 303 g/mol. The van der Waals surface area contributed by atoms with E-state index in [0.29, 0.717) is 11.6 Å². The van der Waals surface area contributed by atoms with Crippen LogP contribution in [0.25, 0.3) is 0 Å². The van der Waals surface area contributed by atoms with Gasteiger partial charge in [-0.15, -0.1) is 0 Å². The summed E-state index contributed by atoms with van der Waals surface area (Å²) in [5.41, 5.74) is 2.53. The van der Waals surface area contributed by atoms with Crippen molar-refractivity contribution in [2.45, 2.75) is 39.5 Å². The van der Waals surface area contributed by atoms with Gasteiger partial charge in [0.1, 0.15) is 12.4 Å². The first-order chi connectivity index (χ1) is 9.94. The summed E-state index contributed by atoms with van der Waals surface area (Å²) in [6.07, 6.45) is 0. The molecule has 0 aliphatic heterocycles. The molecule has 0 saturated carbocycles. The molecule has 2 rings (SSSR count). The third kappa shape index (κ3) is 5.41. The second-order valence-corrected chi connectivity index (χ2v) is 6.55. The van der Waals surface area contributed by atoms with Gasteiger partial charge in [0.05, 0.1) is 5.02 Å². The Hall–Kier alpha value is -1.51. The molecule has 0 bridgehead atoms. The van der Waals surface area contributed by atoms with Crippen LogP contribution in [-0.4, -0.2) is 5.54 Å². The molecular weight excluding hydrogens is 282 g/mol. The maximum Gasteiger partial charge on any atom is 0.138 e. The summed E-state index contributed by atoms with van der Waals surface area (Å²) in [6.45, 7) is 7.89. The Morgan fingerprint density at radius 1 is 0.952 bits per heavy atom. The Bertz CT molecular complexity index is 573. The van der Waals surface area contributed by atoms with Gasteiger partial charge < -0.3 is 10.1 Å². The molecule has 2 aromatic rings. The molecule has 112 valence electrons. The van der Waals surface area contributed by atoms with E-state index in [-0.39, 0.29) is 5.54 Å². The Morgan fingerprint density at radius 2 is 1.57 bits per heavy atom. The van der Waals surface area contributed by atoms with E-state index in [1.165, 1.54) is 5.56 Å². The van der Waals surface area contributed by atoms with Gasteiger partial charge in [-0.05, 0) is 44.0 Å². The van der Waals surface area contributed by atoms with Crippen molar-refractivity contribution in [3.63, 3.8) is 0 Å². The molecule has 0 heterocycles. The van der Waals surface area contributed by atoms with Crippen molar-refractivity contribution in [1.82, 2.24) is 5.32 Å². The molecule has 0 spiro atoms. The van der Waals surface area contributed by atoms with Crippen LogP contribution >= 0.6 is 11.6 Å². The van der Waals surface area contributed by atoms with Crippen molar-refractivity contribution < 1.29 is 4.74 Å². The quantitative estimate of drug-likeness (QED) is 0.856. The van der Waals surface area contributed by atoms with Crippen LogP contribution in [0.5, 0.6) is 5.75 Å². The molecule has 0 aliphatic rings. The maximum atomic E-state index is 6.07. The highest BCUT2D eigenvalue weighted by Crippen LogP contribution is 2.24. The average Bonchev–Trinajstić information content (AvgIpc) is 2.45. The minimum Gasteiger partial charge on any atom is -0.487 e. The van der Waals surface area contributed by atoms with Crippen LogP contribution in [0.2, 0.25) is 5.02 Å². The zero-order chi connectivity index (χ0) is 15.3. The van der Waals surface area contributed by atoms with Gasteiger partial charge in [-0.1, -0.05) is 48.0 Å². The van der Waals surface area contributed by atoms with E-state index >= 15 is 0 Å². The molecule has 3 heteroatoms. The first-order valence-corrected chi connectivity index (χ1v) is 7.52. The van der Waals surface area contributed by atoms with E-state index in [0.717, 1.165) is 17.9 Å². The largest absolute Gasteiger partial charge is 0.487 e. The van der Waals surface area contributed by atoms with Crippen LogP contribution in [0.3, 0.4) is 0 Å². The van der Waals surface area contributed by atoms with Crippen LogP contribution in [0, 0.1) is 0 Å². The lowest BCUT2D eigenvalue weighted by Gasteiger charge is -2.20. The molecule has 0 atom stereocenters. The lowest BCUT2D eigenvalue weighted by atomic mass is 10.1. The number of halogens is 1. The smallest absolute Gasteiger partial charge is 0.138 e. The molecule has 0 aromatic heterocycles. The van der Waals surface area contributed by atoms with Crippen LogP contribution in [0.4, 0.5) is 0 Å². The van der Waals surface area contributed by atoms with Crippen molar-refractivity contribution in [2.75, 3.05) is 0 Å². The number of rotatable bonds is 5. The molecule has 0 saturated heterocycles. The van der Waals surface area contributed by atoms with Gasteiger partial charge >= 0.3 is 0 Å². The van der Waals surface area contributed by atoms with E-state index in [1.807, 2.05) is 24.3 Å². The minimum atomic E-state index is 0.131. The SMILES string of the molecule is CC(C)(C)NCc1ccc(COc2ccccc2Cl)cc1. The summed E-state index contributed by atoms with van der Waals surface area (Å²) in [6, 6.07) is 16.0. The van der Waals surface area contributed by atoms with E-state index in [1.54, 1.807) is 0 Å². The van der Waals surface area contributed by atoms with E-state index in [2.05, 4.69) is 50.4 Å². The highest BCUT2D eigenvalue weighted by molar-refractivity contribution is 6.32. The first kappa shape index (κ1) is 15.9. The topological polar surface area (TPSA) is 21.3 Å². The number of hydrogen-bond acceptors (Lipinski definition) is 2. The first-order valence-electron chi connectivity index (χ1n) is 7.14. The fraction of sp³-hybridized carbons (Fsp3) is 0.333. The Labute approximate surface area is 132 Å². The van der Waals surface area contributed by atoms with Gasteiger partial charge in [0.15, 0.2) is 0 Å². The summed E-state index contributed by atoms with van der Waals surface area (Å²) in [5, 5.41) is 4.12. The highest BCUT2D eigenvalue weighted by atomic mass is 35.5. The third-order valence-electron chi connectivity index (χ3n) is 3.08. The van der Waals surface area contributed by atoms with Gasteiger partial charge in [0, 0.05) is 12.1 Å². The standard InChI is InChI=1S/C18H22ClNO/c1-18(2,3)20-12-14-8-10-15(11-9-14)13-21-17-7-5-4-6-16(17)19/h4-11,20H,12-13H2,1-3H3. The Morgan fingerprint density at radius 3 is 2.19 bits per heavy atom. The minimum absolute atomic E-state index is 0.131. The zero-order valence-electron chi connectivity index (χ0n) is 12.8. The predicted molar refractivity (Wildman–Crippen MR) is 88.8 cm³/mol. The van der Waals surface area contributed by atoms with Crippen LogP contribution in [0.1, 0.15) is 31.9 Å². The van der Waals surface area contributed by atoms with Gasteiger partial charge in [0.25, 0.3) is 0 Å². The number of para-hydroxylation sites is 1. The molecule has 0 radical (unpaired) electrons. The fourth-order valence-electron chi connectivity index (χ4n) is 1.84. The zero-order valence-corrected chi connectivity index (χ0v) is 13.6. The normalized spacial score (nSPS) is 11.4. The summed E-state index contributed by atoms with van der Waals surface area (Å²) >= 11 is 6.07. The molecule has 0 aliphatic carbocycles. The van der Waals surface area contributed by atoms with Crippen molar-refractivity contribution in [2.24, 2.45) is 0 Å². The molecule has 1 N–H and O–H groups in total.